The Bertz CT molecular complexity index is 659. The molecule has 0 aliphatic rings. The van der Waals surface area contributed by atoms with Gasteiger partial charge in [-0.2, -0.15) is 0 Å². The standard InChI is InChI=1S/C15H12N2O/c16-13-8-4-7-12(9-13)15-17-10-14(18-15)11-5-2-1-3-6-11/h1-10H,16H2. The lowest BCUT2D eigenvalue weighted by atomic mass is 10.2. The summed E-state index contributed by atoms with van der Waals surface area (Å²) in [5.74, 6) is 1.34. The normalized spacial score (nSPS) is 10.4. The van der Waals surface area contributed by atoms with Crippen molar-refractivity contribution in [1.82, 2.24) is 4.98 Å². The molecule has 0 atom stereocenters. The summed E-state index contributed by atoms with van der Waals surface area (Å²) in [6.07, 6.45) is 1.73. The summed E-state index contributed by atoms with van der Waals surface area (Å²) >= 11 is 0. The SMILES string of the molecule is Nc1cccc(-c2ncc(-c3ccccc3)o2)c1. The third-order valence-electron chi connectivity index (χ3n) is 2.70. The van der Waals surface area contributed by atoms with Crippen LogP contribution in [0.25, 0.3) is 22.8 Å². The van der Waals surface area contributed by atoms with Crippen molar-refractivity contribution >= 4 is 5.69 Å². The molecule has 0 unspecified atom stereocenters. The van der Waals surface area contributed by atoms with E-state index in [-0.39, 0.29) is 0 Å². The predicted molar refractivity (Wildman–Crippen MR) is 71.8 cm³/mol. The van der Waals surface area contributed by atoms with E-state index in [4.69, 9.17) is 10.2 Å². The largest absolute Gasteiger partial charge is 0.436 e. The Labute approximate surface area is 105 Å². The van der Waals surface area contributed by atoms with Crippen molar-refractivity contribution < 1.29 is 4.42 Å². The first-order valence-electron chi connectivity index (χ1n) is 5.70. The summed E-state index contributed by atoms with van der Waals surface area (Å²) in [7, 11) is 0. The fourth-order valence-corrected chi connectivity index (χ4v) is 1.82. The van der Waals surface area contributed by atoms with E-state index >= 15 is 0 Å². The van der Waals surface area contributed by atoms with Crippen molar-refractivity contribution in [2.75, 3.05) is 5.73 Å². The number of rotatable bonds is 2. The molecule has 0 aliphatic carbocycles. The molecule has 0 amide bonds. The minimum atomic E-state index is 0.584. The number of oxazole rings is 1. The second-order valence-electron chi connectivity index (χ2n) is 4.02. The number of nitrogens with two attached hydrogens (primary N) is 1. The second kappa shape index (κ2) is 4.37. The molecule has 2 aromatic carbocycles. The minimum Gasteiger partial charge on any atom is -0.436 e. The average Bonchev–Trinajstić information content (AvgIpc) is 2.89. The van der Waals surface area contributed by atoms with E-state index in [1.54, 1.807) is 6.20 Å². The molecule has 0 radical (unpaired) electrons. The number of benzene rings is 2. The second-order valence-corrected chi connectivity index (χ2v) is 4.02. The summed E-state index contributed by atoms with van der Waals surface area (Å²) in [4.78, 5) is 4.28. The predicted octanol–water partition coefficient (Wildman–Crippen LogP) is 3.59. The highest BCUT2D eigenvalue weighted by molar-refractivity contribution is 5.63. The van der Waals surface area contributed by atoms with Crippen molar-refractivity contribution in [3.63, 3.8) is 0 Å². The van der Waals surface area contributed by atoms with Gasteiger partial charge in [-0.05, 0) is 18.2 Å². The van der Waals surface area contributed by atoms with Gasteiger partial charge in [-0.3, -0.25) is 0 Å². The molecule has 3 rings (SSSR count). The van der Waals surface area contributed by atoms with Crippen molar-refractivity contribution in [3.05, 3.63) is 60.8 Å². The van der Waals surface area contributed by atoms with Crippen LogP contribution in [-0.4, -0.2) is 4.98 Å². The van der Waals surface area contributed by atoms with Gasteiger partial charge in [0.2, 0.25) is 5.89 Å². The van der Waals surface area contributed by atoms with Crippen LogP contribution in [0.1, 0.15) is 0 Å². The molecular formula is C15H12N2O. The molecule has 3 heteroatoms. The quantitative estimate of drug-likeness (QED) is 0.692. The number of nitrogens with zero attached hydrogens (tertiary/aromatic N) is 1. The van der Waals surface area contributed by atoms with Crippen LogP contribution in [0.15, 0.2) is 65.2 Å². The summed E-state index contributed by atoms with van der Waals surface area (Å²) in [6.45, 7) is 0. The molecule has 0 saturated heterocycles. The highest BCUT2D eigenvalue weighted by atomic mass is 16.4. The molecule has 0 fully saturated rings. The molecule has 0 saturated carbocycles. The zero-order valence-corrected chi connectivity index (χ0v) is 9.71. The average molecular weight is 236 g/mol. The first-order valence-corrected chi connectivity index (χ1v) is 5.70. The maximum Gasteiger partial charge on any atom is 0.226 e. The lowest BCUT2D eigenvalue weighted by Crippen LogP contribution is -1.84. The smallest absolute Gasteiger partial charge is 0.226 e. The van der Waals surface area contributed by atoms with Gasteiger partial charge in [0, 0.05) is 16.8 Å². The molecule has 2 N–H and O–H groups in total. The van der Waals surface area contributed by atoms with E-state index < -0.39 is 0 Å². The van der Waals surface area contributed by atoms with Gasteiger partial charge in [0.25, 0.3) is 0 Å². The van der Waals surface area contributed by atoms with Crippen LogP contribution in [-0.2, 0) is 0 Å². The fraction of sp³-hybridized carbons (Fsp3) is 0. The highest BCUT2D eigenvalue weighted by Crippen LogP contribution is 2.26. The topological polar surface area (TPSA) is 52.0 Å². The van der Waals surface area contributed by atoms with Crippen LogP contribution in [0.3, 0.4) is 0 Å². The maximum absolute atomic E-state index is 5.74. The Hall–Kier alpha value is -2.55. The van der Waals surface area contributed by atoms with Gasteiger partial charge in [0.05, 0.1) is 6.20 Å². The molecular weight excluding hydrogens is 224 g/mol. The number of hydrogen-bond acceptors (Lipinski definition) is 3. The first kappa shape index (κ1) is 10.6. The van der Waals surface area contributed by atoms with Crippen molar-refractivity contribution in [3.8, 4) is 22.8 Å². The molecule has 3 nitrogen and oxygen atoms in total. The monoisotopic (exact) mass is 236 g/mol. The molecule has 88 valence electrons. The van der Waals surface area contributed by atoms with E-state index in [9.17, 15) is 0 Å². The van der Waals surface area contributed by atoms with Crippen LogP contribution < -0.4 is 5.73 Å². The van der Waals surface area contributed by atoms with Crippen LogP contribution in [0.5, 0.6) is 0 Å². The molecule has 0 spiro atoms. The van der Waals surface area contributed by atoms with Crippen LogP contribution in [0.2, 0.25) is 0 Å². The summed E-state index contributed by atoms with van der Waals surface area (Å²) < 4.78 is 5.74. The Balaban J connectivity index is 2.00. The van der Waals surface area contributed by atoms with Gasteiger partial charge in [0.15, 0.2) is 5.76 Å². The molecule has 1 aromatic heterocycles. The molecule has 1 heterocycles. The van der Waals surface area contributed by atoms with Gasteiger partial charge < -0.3 is 10.2 Å². The van der Waals surface area contributed by atoms with E-state index in [2.05, 4.69) is 4.98 Å². The number of nitrogen functional groups attached to an aromatic ring is 1. The van der Waals surface area contributed by atoms with Crippen LogP contribution in [0, 0.1) is 0 Å². The summed E-state index contributed by atoms with van der Waals surface area (Å²) in [5.41, 5.74) is 8.35. The minimum absolute atomic E-state index is 0.584. The lowest BCUT2D eigenvalue weighted by molar-refractivity contribution is 0.589. The van der Waals surface area contributed by atoms with Crippen LogP contribution >= 0.6 is 0 Å². The van der Waals surface area contributed by atoms with E-state index in [1.807, 2.05) is 54.6 Å². The molecule has 3 aromatic rings. The van der Waals surface area contributed by atoms with Gasteiger partial charge in [0.1, 0.15) is 0 Å². The first-order chi connectivity index (χ1) is 8.83. The number of anilines is 1. The zero-order valence-electron chi connectivity index (χ0n) is 9.71. The molecule has 0 bridgehead atoms. The van der Waals surface area contributed by atoms with Gasteiger partial charge in [-0.1, -0.05) is 36.4 Å². The highest BCUT2D eigenvalue weighted by Gasteiger charge is 2.07. The summed E-state index contributed by atoms with van der Waals surface area (Å²) in [5, 5.41) is 0. The van der Waals surface area contributed by atoms with Crippen LogP contribution in [0.4, 0.5) is 5.69 Å². The lowest BCUT2D eigenvalue weighted by Gasteiger charge is -1.97. The number of hydrogen-bond donors (Lipinski definition) is 1. The Morgan fingerprint density at radius 3 is 2.44 bits per heavy atom. The summed E-state index contributed by atoms with van der Waals surface area (Å²) in [6, 6.07) is 17.4. The molecule has 18 heavy (non-hydrogen) atoms. The van der Waals surface area contributed by atoms with E-state index in [1.165, 1.54) is 0 Å². The van der Waals surface area contributed by atoms with E-state index in [0.717, 1.165) is 16.9 Å². The fourth-order valence-electron chi connectivity index (χ4n) is 1.82. The van der Waals surface area contributed by atoms with Crippen molar-refractivity contribution in [1.29, 1.82) is 0 Å². The van der Waals surface area contributed by atoms with Gasteiger partial charge in [-0.15, -0.1) is 0 Å². The Morgan fingerprint density at radius 2 is 1.67 bits per heavy atom. The van der Waals surface area contributed by atoms with Gasteiger partial charge >= 0.3 is 0 Å². The number of aromatic nitrogens is 1. The van der Waals surface area contributed by atoms with Crippen molar-refractivity contribution in [2.24, 2.45) is 0 Å². The Morgan fingerprint density at radius 1 is 0.889 bits per heavy atom. The van der Waals surface area contributed by atoms with Gasteiger partial charge in [-0.25, -0.2) is 4.98 Å². The third kappa shape index (κ3) is 1.98. The molecule has 0 aliphatic heterocycles. The van der Waals surface area contributed by atoms with Crippen molar-refractivity contribution in [2.45, 2.75) is 0 Å². The van der Waals surface area contributed by atoms with E-state index in [0.29, 0.717) is 11.6 Å². The third-order valence-corrected chi connectivity index (χ3v) is 2.70. The maximum atomic E-state index is 5.74. The Kier molecular flexibility index (Phi) is 2.57. The zero-order chi connectivity index (χ0) is 12.4.